The number of benzene rings is 1. The molecule has 1 aromatic carbocycles. The van der Waals surface area contributed by atoms with Gasteiger partial charge in [-0.2, -0.15) is 0 Å². The van der Waals surface area contributed by atoms with Gasteiger partial charge in [0.1, 0.15) is 4.88 Å². The van der Waals surface area contributed by atoms with E-state index in [2.05, 4.69) is 14.9 Å². The minimum Gasteiger partial charge on any atom is -0.342 e. The predicted molar refractivity (Wildman–Crippen MR) is 76.2 cm³/mol. The molecule has 0 spiro atoms. The molecular formula is C14H17N3OS. The molecule has 100 valence electrons. The molecule has 0 bridgehead atoms. The molecule has 0 aliphatic carbocycles. The fourth-order valence-electron chi connectivity index (χ4n) is 1.88. The summed E-state index contributed by atoms with van der Waals surface area (Å²) < 4.78 is 3.85. The van der Waals surface area contributed by atoms with Crippen LogP contribution in [0.4, 0.5) is 0 Å². The normalized spacial score (nSPS) is 11.3. The maximum absolute atomic E-state index is 12.3. The predicted octanol–water partition coefficient (Wildman–Crippen LogP) is 2.77. The van der Waals surface area contributed by atoms with Crippen LogP contribution in [0.1, 0.15) is 41.7 Å². The number of amides is 1. The first-order chi connectivity index (χ1) is 9.04. The van der Waals surface area contributed by atoms with Crippen LogP contribution in [0.2, 0.25) is 0 Å². The second-order valence-corrected chi connectivity index (χ2v) is 5.60. The third-order valence-electron chi connectivity index (χ3n) is 3.02. The Labute approximate surface area is 117 Å². The molecule has 2 rings (SSSR count). The minimum atomic E-state index is -0.423. The zero-order valence-electron chi connectivity index (χ0n) is 11.3. The molecule has 0 saturated carbocycles. The van der Waals surface area contributed by atoms with Gasteiger partial charge < -0.3 is 5.32 Å². The van der Waals surface area contributed by atoms with E-state index in [0.717, 1.165) is 22.8 Å². The van der Waals surface area contributed by atoms with Crippen LogP contribution in [0, 0.1) is 0 Å². The summed E-state index contributed by atoms with van der Waals surface area (Å²) in [5, 5.41) is 7.01. The lowest BCUT2D eigenvalue weighted by Crippen LogP contribution is -2.40. The molecule has 1 heterocycles. The summed E-state index contributed by atoms with van der Waals surface area (Å²) in [6.45, 7) is 5.94. The maximum Gasteiger partial charge on any atom is 0.265 e. The molecule has 0 aliphatic rings. The molecule has 19 heavy (non-hydrogen) atoms. The van der Waals surface area contributed by atoms with Gasteiger partial charge in [-0.25, -0.2) is 0 Å². The fourth-order valence-corrected chi connectivity index (χ4v) is 2.53. The summed E-state index contributed by atoms with van der Waals surface area (Å²) in [5.41, 5.74) is 1.40. The van der Waals surface area contributed by atoms with Crippen molar-refractivity contribution in [1.29, 1.82) is 0 Å². The highest BCUT2D eigenvalue weighted by Gasteiger charge is 2.25. The van der Waals surface area contributed by atoms with Crippen LogP contribution in [0.5, 0.6) is 0 Å². The number of nitrogens with one attached hydrogen (secondary N) is 1. The van der Waals surface area contributed by atoms with Gasteiger partial charge in [-0.05, 0) is 37.4 Å². The Morgan fingerprint density at radius 1 is 1.32 bits per heavy atom. The molecule has 0 radical (unpaired) electrons. The van der Waals surface area contributed by atoms with E-state index in [-0.39, 0.29) is 5.91 Å². The molecule has 5 heteroatoms. The Morgan fingerprint density at radius 3 is 2.63 bits per heavy atom. The van der Waals surface area contributed by atoms with Gasteiger partial charge >= 0.3 is 0 Å². The Morgan fingerprint density at radius 2 is 2.00 bits per heavy atom. The van der Waals surface area contributed by atoms with Gasteiger partial charge in [0.25, 0.3) is 5.91 Å². The average Bonchev–Trinajstić information content (AvgIpc) is 2.87. The van der Waals surface area contributed by atoms with E-state index in [0.29, 0.717) is 11.3 Å². The van der Waals surface area contributed by atoms with Gasteiger partial charge in [0, 0.05) is 0 Å². The van der Waals surface area contributed by atoms with Crippen molar-refractivity contribution < 1.29 is 4.79 Å². The van der Waals surface area contributed by atoms with Crippen LogP contribution >= 0.6 is 11.5 Å². The van der Waals surface area contributed by atoms with Crippen LogP contribution in [0.25, 0.3) is 0 Å². The first kappa shape index (κ1) is 13.7. The van der Waals surface area contributed by atoms with E-state index in [1.807, 2.05) is 51.1 Å². The second kappa shape index (κ2) is 5.48. The monoisotopic (exact) mass is 275 g/mol. The number of hydrogen-bond donors (Lipinski definition) is 1. The molecule has 1 amide bonds. The van der Waals surface area contributed by atoms with Crippen LogP contribution in [0.3, 0.4) is 0 Å². The number of hydrogen-bond acceptors (Lipinski definition) is 4. The minimum absolute atomic E-state index is 0.110. The molecule has 0 unspecified atom stereocenters. The topological polar surface area (TPSA) is 54.9 Å². The maximum atomic E-state index is 12.3. The van der Waals surface area contributed by atoms with Crippen molar-refractivity contribution in [2.75, 3.05) is 0 Å². The SMILES string of the molecule is CCc1nnsc1C(=O)NC(C)(C)c1ccccc1. The number of carbonyl (C=O) groups is 1. The van der Waals surface area contributed by atoms with Crippen LogP contribution in [-0.4, -0.2) is 15.5 Å². The first-order valence-electron chi connectivity index (χ1n) is 6.24. The van der Waals surface area contributed by atoms with Crippen molar-refractivity contribution in [3.05, 3.63) is 46.5 Å². The largest absolute Gasteiger partial charge is 0.342 e. The van der Waals surface area contributed by atoms with Gasteiger partial charge in [-0.15, -0.1) is 5.10 Å². The zero-order chi connectivity index (χ0) is 13.9. The quantitative estimate of drug-likeness (QED) is 0.933. The summed E-state index contributed by atoms with van der Waals surface area (Å²) >= 11 is 1.14. The Bertz CT molecular complexity index is 563. The number of aryl methyl sites for hydroxylation is 1. The third kappa shape index (κ3) is 2.98. The molecule has 0 atom stereocenters. The average molecular weight is 275 g/mol. The van der Waals surface area contributed by atoms with Crippen molar-refractivity contribution >= 4 is 17.4 Å². The van der Waals surface area contributed by atoms with Crippen molar-refractivity contribution in [3.63, 3.8) is 0 Å². The Hall–Kier alpha value is -1.75. The van der Waals surface area contributed by atoms with Crippen molar-refractivity contribution in [2.24, 2.45) is 0 Å². The fraction of sp³-hybridized carbons (Fsp3) is 0.357. The van der Waals surface area contributed by atoms with Crippen molar-refractivity contribution in [3.8, 4) is 0 Å². The lowest BCUT2D eigenvalue weighted by Gasteiger charge is -2.26. The smallest absolute Gasteiger partial charge is 0.265 e. The third-order valence-corrected chi connectivity index (χ3v) is 3.79. The lowest BCUT2D eigenvalue weighted by molar-refractivity contribution is 0.0915. The molecule has 1 aromatic heterocycles. The van der Waals surface area contributed by atoms with Gasteiger partial charge in [-0.1, -0.05) is 41.7 Å². The summed E-state index contributed by atoms with van der Waals surface area (Å²) in [7, 11) is 0. The highest BCUT2D eigenvalue weighted by atomic mass is 32.1. The molecule has 1 N–H and O–H groups in total. The number of nitrogens with zero attached hydrogens (tertiary/aromatic N) is 2. The Kier molecular flexibility index (Phi) is 3.95. The number of aromatic nitrogens is 2. The zero-order valence-corrected chi connectivity index (χ0v) is 12.1. The Balaban J connectivity index is 2.19. The summed E-state index contributed by atoms with van der Waals surface area (Å²) in [5.74, 6) is -0.110. The number of carbonyl (C=O) groups excluding carboxylic acids is 1. The van der Waals surface area contributed by atoms with E-state index < -0.39 is 5.54 Å². The van der Waals surface area contributed by atoms with E-state index in [1.165, 1.54) is 0 Å². The number of rotatable bonds is 4. The highest BCUT2D eigenvalue weighted by Crippen LogP contribution is 2.21. The van der Waals surface area contributed by atoms with Gasteiger partial charge in [0.05, 0.1) is 11.2 Å². The van der Waals surface area contributed by atoms with Gasteiger partial charge in [-0.3, -0.25) is 4.79 Å². The standard InChI is InChI=1S/C14H17N3OS/c1-4-11-12(19-17-16-11)13(18)15-14(2,3)10-8-6-5-7-9-10/h5-9H,4H2,1-3H3,(H,15,18). The molecule has 4 nitrogen and oxygen atoms in total. The summed E-state index contributed by atoms with van der Waals surface area (Å²) in [6.07, 6.45) is 0.713. The van der Waals surface area contributed by atoms with Crippen LogP contribution in [-0.2, 0) is 12.0 Å². The van der Waals surface area contributed by atoms with E-state index >= 15 is 0 Å². The van der Waals surface area contributed by atoms with Gasteiger partial charge in [0.15, 0.2) is 0 Å². The molecule has 0 saturated heterocycles. The van der Waals surface area contributed by atoms with E-state index in [9.17, 15) is 4.79 Å². The first-order valence-corrected chi connectivity index (χ1v) is 7.01. The van der Waals surface area contributed by atoms with Crippen LogP contribution in [0.15, 0.2) is 30.3 Å². The van der Waals surface area contributed by atoms with Crippen molar-refractivity contribution in [2.45, 2.75) is 32.7 Å². The highest BCUT2D eigenvalue weighted by molar-refractivity contribution is 7.08. The molecule has 0 fully saturated rings. The molecule has 2 aromatic rings. The summed E-state index contributed by atoms with van der Waals surface area (Å²) in [6, 6.07) is 9.91. The molecular weight excluding hydrogens is 258 g/mol. The van der Waals surface area contributed by atoms with E-state index in [1.54, 1.807) is 0 Å². The van der Waals surface area contributed by atoms with Crippen molar-refractivity contribution in [1.82, 2.24) is 14.9 Å². The second-order valence-electron chi connectivity index (χ2n) is 4.85. The van der Waals surface area contributed by atoms with Crippen LogP contribution < -0.4 is 5.32 Å². The van der Waals surface area contributed by atoms with E-state index in [4.69, 9.17) is 0 Å². The molecule has 0 aliphatic heterocycles. The lowest BCUT2D eigenvalue weighted by atomic mass is 9.94. The summed E-state index contributed by atoms with van der Waals surface area (Å²) in [4.78, 5) is 12.9. The van der Waals surface area contributed by atoms with Gasteiger partial charge in [0.2, 0.25) is 0 Å².